The van der Waals surface area contributed by atoms with Crippen molar-refractivity contribution in [2.45, 2.75) is 71.4 Å². The van der Waals surface area contributed by atoms with Crippen LogP contribution in [-0.2, 0) is 14.3 Å². The maximum Gasteiger partial charge on any atom is 0.329 e. The molecule has 0 radical (unpaired) electrons. The molecule has 1 rings (SSSR count). The Hall–Kier alpha value is -0.770. The van der Waals surface area contributed by atoms with Crippen LogP contribution >= 0.6 is 12.4 Å². The minimum absolute atomic E-state index is 0. The molecule has 0 N–H and O–H groups in total. The lowest BCUT2D eigenvalue weighted by molar-refractivity contribution is -0.166. The van der Waals surface area contributed by atoms with Crippen LogP contribution in [0.15, 0.2) is 0 Å². The molecule has 1 atom stereocenters. The van der Waals surface area contributed by atoms with E-state index >= 15 is 0 Å². The highest BCUT2D eigenvalue weighted by Gasteiger charge is 2.34. The van der Waals surface area contributed by atoms with Crippen LogP contribution in [0, 0.1) is 0 Å². The van der Waals surface area contributed by atoms with E-state index in [-0.39, 0.29) is 30.3 Å². The number of carbonyl (C=O) groups excluding carboxylic acids is 2. The number of hydrogen-bond acceptors (Lipinski definition) is 3. The second-order valence-corrected chi connectivity index (χ2v) is 5.88. The summed E-state index contributed by atoms with van der Waals surface area (Å²) >= 11 is 0. The zero-order valence-corrected chi connectivity index (χ0v) is 13.2. The van der Waals surface area contributed by atoms with E-state index in [1.165, 1.54) is 0 Å². The van der Waals surface area contributed by atoms with Crippen LogP contribution in [0.5, 0.6) is 0 Å². The van der Waals surface area contributed by atoms with Gasteiger partial charge in [-0.15, -0.1) is 12.4 Å². The zero-order chi connectivity index (χ0) is 13.8. The smallest absolute Gasteiger partial charge is 0.329 e. The summed E-state index contributed by atoms with van der Waals surface area (Å²) in [5.74, 6) is -0.181. The minimum atomic E-state index is -0.492. The summed E-state index contributed by atoms with van der Waals surface area (Å²) < 4.78 is 5.40. The fraction of sp³-hybridized carbons (Fsp3) is 0.857. The van der Waals surface area contributed by atoms with Crippen molar-refractivity contribution in [3.05, 3.63) is 0 Å². The van der Waals surface area contributed by atoms with Gasteiger partial charge in [0.05, 0.1) is 0 Å². The Morgan fingerprint density at radius 1 is 1.26 bits per heavy atom. The van der Waals surface area contributed by atoms with Crippen molar-refractivity contribution in [3.63, 3.8) is 0 Å². The molecule has 0 unspecified atom stereocenters. The van der Waals surface area contributed by atoms with Crippen LogP contribution in [0.4, 0.5) is 0 Å². The topological polar surface area (TPSA) is 46.6 Å². The average Bonchev–Trinajstić information content (AvgIpc) is 2.27. The van der Waals surface area contributed by atoms with Crippen molar-refractivity contribution in [1.29, 1.82) is 0 Å². The van der Waals surface area contributed by atoms with Crippen LogP contribution in [0.1, 0.15) is 59.8 Å². The summed E-state index contributed by atoms with van der Waals surface area (Å²) in [7, 11) is 0. The molecule has 4 nitrogen and oxygen atoms in total. The number of esters is 1. The van der Waals surface area contributed by atoms with E-state index in [1.54, 1.807) is 4.90 Å². The summed E-state index contributed by atoms with van der Waals surface area (Å²) in [6, 6.07) is -0.378. The van der Waals surface area contributed by atoms with Gasteiger partial charge in [0.25, 0.3) is 0 Å². The molecule has 0 bridgehead atoms. The van der Waals surface area contributed by atoms with E-state index in [2.05, 4.69) is 0 Å². The van der Waals surface area contributed by atoms with Gasteiger partial charge in [-0.1, -0.05) is 6.92 Å². The zero-order valence-electron chi connectivity index (χ0n) is 12.4. The first-order valence-electron chi connectivity index (χ1n) is 6.87. The van der Waals surface area contributed by atoms with Gasteiger partial charge in [0.15, 0.2) is 0 Å². The van der Waals surface area contributed by atoms with E-state index in [1.807, 2.05) is 27.7 Å². The number of halogens is 1. The second-order valence-electron chi connectivity index (χ2n) is 5.88. The Kier molecular flexibility index (Phi) is 7.42. The molecule has 1 aliphatic heterocycles. The molecular weight excluding hydrogens is 266 g/mol. The van der Waals surface area contributed by atoms with E-state index < -0.39 is 5.60 Å². The Morgan fingerprint density at radius 3 is 2.42 bits per heavy atom. The molecule has 1 saturated heterocycles. The Bertz CT molecular complexity index is 312. The van der Waals surface area contributed by atoms with Gasteiger partial charge >= 0.3 is 5.97 Å². The number of hydrogen-bond donors (Lipinski definition) is 0. The normalized spacial score (nSPS) is 19.6. The van der Waals surface area contributed by atoms with Crippen LogP contribution in [0.3, 0.4) is 0 Å². The number of piperidine rings is 1. The third-order valence-electron chi connectivity index (χ3n) is 2.97. The van der Waals surface area contributed by atoms with Gasteiger partial charge in [0.1, 0.15) is 11.6 Å². The van der Waals surface area contributed by atoms with Crippen molar-refractivity contribution in [2.24, 2.45) is 0 Å². The van der Waals surface area contributed by atoms with E-state index in [0.29, 0.717) is 13.0 Å². The molecule has 0 aromatic rings. The van der Waals surface area contributed by atoms with Gasteiger partial charge < -0.3 is 9.64 Å². The molecule has 1 heterocycles. The number of amides is 1. The van der Waals surface area contributed by atoms with Crippen molar-refractivity contribution >= 4 is 24.3 Å². The quantitative estimate of drug-likeness (QED) is 0.751. The summed E-state index contributed by atoms with van der Waals surface area (Å²) in [4.78, 5) is 25.8. The molecule has 0 aromatic heterocycles. The molecule has 1 fully saturated rings. The number of rotatable bonds is 3. The largest absolute Gasteiger partial charge is 0.458 e. The average molecular weight is 292 g/mol. The second kappa shape index (κ2) is 7.73. The van der Waals surface area contributed by atoms with Crippen molar-refractivity contribution in [3.8, 4) is 0 Å². The highest BCUT2D eigenvalue weighted by molar-refractivity contribution is 5.85. The van der Waals surface area contributed by atoms with Gasteiger partial charge in [-0.2, -0.15) is 0 Å². The molecule has 0 aliphatic carbocycles. The van der Waals surface area contributed by atoms with E-state index in [4.69, 9.17) is 4.74 Å². The highest BCUT2D eigenvalue weighted by atomic mass is 35.5. The van der Waals surface area contributed by atoms with Gasteiger partial charge in [-0.05, 0) is 46.5 Å². The molecule has 5 heteroatoms. The van der Waals surface area contributed by atoms with Crippen molar-refractivity contribution in [1.82, 2.24) is 4.90 Å². The standard InChI is InChI=1S/C14H25NO3.ClH/c1-5-8-12(16)15-10-7-6-9-11(15)13(17)18-14(2,3)4;/h11H,5-10H2,1-4H3;1H/t11-;/m0./s1. The number of ether oxygens (including phenoxy) is 1. The lowest BCUT2D eigenvalue weighted by Crippen LogP contribution is -2.49. The monoisotopic (exact) mass is 291 g/mol. The number of nitrogens with zero attached hydrogens (tertiary/aromatic N) is 1. The Labute approximate surface area is 122 Å². The van der Waals surface area contributed by atoms with E-state index in [0.717, 1.165) is 25.7 Å². The Morgan fingerprint density at radius 2 is 1.89 bits per heavy atom. The van der Waals surface area contributed by atoms with Crippen LogP contribution < -0.4 is 0 Å². The molecule has 19 heavy (non-hydrogen) atoms. The molecule has 1 aliphatic rings. The van der Waals surface area contributed by atoms with Crippen LogP contribution in [0.2, 0.25) is 0 Å². The SMILES string of the molecule is CCCC(=O)N1CCCC[C@H]1C(=O)OC(C)(C)C.Cl. The molecule has 0 spiro atoms. The number of likely N-dealkylation sites (tertiary alicyclic amines) is 1. The molecule has 1 amide bonds. The van der Waals surface area contributed by atoms with Crippen LogP contribution in [-0.4, -0.2) is 35.0 Å². The maximum absolute atomic E-state index is 12.1. The first-order valence-corrected chi connectivity index (χ1v) is 6.87. The molecule has 112 valence electrons. The predicted molar refractivity (Wildman–Crippen MR) is 77.4 cm³/mol. The van der Waals surface area contributed by atoms with Gasteiger partial charge in [-0.25, -0.2) is 4.79 Å². The lowest BCUT2D eigenvalue weighted by Gasteiger charge is -2.35. The molecule has 0 saturated carbocycles. The highest BCUT2D eigenvalue weighted by Crippen LogP contribution is 2.21. The summed E-state index contributed by atoms with van der Waals surface area (Å²) in [6.45, 7) is 8.22. The first-order chi connectivity index (χ1) is 8.35. The van der Waals surface area contributed by atoms with Gasteiger partial charge in [0.2, 0.25) is 5.91 Å². The summed E-state index contributed by atoms with van der Waals surface area (Å²) in [6.07, 6.45) is 4.02. The fourth-order valence-corrected chi connectivity index (χ4v) is 2.20. The summed E-state index contributed by atoms with van der Waals surface area (Å²) in [5, 5.41) is 0. The molecule has 0 aromatic carbocycles. The third kappa shape index (κ3) is 5.81. The van der Waals surface area contributed by atoms with Crippen LogP contribution in [0.25, 0.3) is 0 Å². The van der Waals surface area contributed by atoms with Gasteiger partial charge in [-0.3, -0.25) is 4.79 Å². The fourth-order valence-electron chi connectivity index (χ4n) is 2.20. The number of carbonyl (C=O) groups is 2. The molecular formula is C14H26ClNO3. The lowest BCUT2D eigenvalue weighted by atomic mass is 10.0. The van der Waals surface area contributed by atoms with E-state index in [9.17, 15) is 9.59 Å². The predicted octanol–water partition coefficient (Wildman–Crippen LogP) is 2.93. The first kappa shape index (κ1) is 18.2. The minimum Gasteiger partial charge on any atom is -0.458 e. The van der Waals surface area contributed by atoms with Gasteiger partial charge in [0, 0.05) is 13.0 Å². The third-order valence-corrected chi connectivity index (χ3v) is 2.97. The Balaban J connectivity index is 0.00000324. The van der Waals surface area contributed by atoms with Crippen molar-refractivity contribution < 1.29 is 14.3 Å². The summed E-state index contributed by atoms with van der Waals surface area (Å²) in [5.41, 5.74) is -0.492. The maximum atomic E-state index is 12.1. The van der Waals surface area contributed by atoms with Crippen molar-refractivity contribution in [2.75, 3.05) is 6.54 Å².